The second-order valence-corrected chi connectivity index (χ2v) is 2.76. The minimum Gasteiger partial charge on any atom is -0.480 e. The Balaban J connectivity index is 2.80. The third kappa shape index (κ3) is 2.35. The molecule has 0 aromatic carbocycles. The number of carbonyl (C=O) groups is 1. The van der Waals surface area contributed by atoms with Gasteiger partial charge in [0.15, 0.2) is 0 Å². The molecule has 0 fully saturated rings. The van der Waals surface area contributed by atoms with Gasteiger partial charge < -0.3 is 15.2 Å². The van der Waals surface area contributed by atoms with E-state index in [1.807, 2.05) is 0 Å². The largest absolute Gasteiger partial charge is 0.480 e. The standard InChI is InChI=1S/C9H12N2O3/c1-6(9(12)13)11-7-4-3-5-10-8(7)14-2/h3-6,11H,1-2H3,(H,12,13)/t6-/m0/s1. The van der Waals surface area contributed by atoms with Gasteiger partial charge >= 0.3 is 5.97 Å². The van der Waals surface area contributed by atoms with E-state index >= 15 is 0 Å². The molecule has 0 saturated heterocycles. The molecule has 0 unspecified atom stereocenters. The third-order valence-corrected chi connectivity index (χ3v) is 1.71. The molecule has 1 aromatic rings. The summed E-state index contributed by atoms with van der Waals surface area (Å²) < 4.78 is 4.96. The molecule has 0 aliphatic heterocycles. The fourth-order valence-corrected chi connectivity index (χ4v) is 0.958. The van der Waals surface area contributed by atoms with E-state index in [1.165, 1.54) is 7.11 Å². The fourth-order valence-electron chi connectivity index (χ4n) is 0.958. The Morgan fingerprint density at radius 2 is 2.43 bits per heavy atom. The zero-order valence-electron chi connectivity index (χ0n) is 8.02. The fraction of sp³-hybridized carbons (Fsp3) is 0.333. The van der Waals surface area contributed by atoms with Gasteiger partial charge in [-0.25, -0.2) is 4.98 Å². The lowest BCUT2D eigenvalue weighted by Gasteiger charge is -2.12. The first kappa shape index (κ1) is 10.3. The van der Waals surface area contributed by atoms with Crippen molar-refractivity contribution >= 4 is 11.7 Å². The molecule has 1 aromatic heterocycles. The Kier molecular flexibility index (Phi) is 3.28. The molecule has 0 aliphatic rings. The summed E-state index contributed by atoms with van der Waals surface area (Å²) in [6.07, 6.45) is 1.58. The molecular weight excluding hydrogens is 184 g/mol. The molecule has 5 nitrogen and oxygen atoms in total. The van der Waals surface area contributed by atoms with Crippen molar-refractivity contribution in [3.05, 3.63) is 18.3 Å². The van der Waals surface area contributed by atoms with Gasteiger partial charge in [-0.05, 0) is 19.1 Å². The smallest absolute Gasteiger partial charge is 0.325 e. The summed E-state index contributed by atoms with van der Waals surface area (Å²) in [5.41, 5.74) is 0.574. The summed E-state index contributed by atoms with van der Waals surface area (Å²) in [6.45, 7) is 1.55. The van der Waals surface area contributed by atoms with Gasteiger partial charge in [0.05, 0.1) is 12.8 Å². The molecule has 5 heteroatoms. The van der Waals surface area contributed by atoms with E-state index in [0.29, 0.717) is 11.6 Å². The number of carboxylic acids is 1. The van der Waals surface area contributed by atoms with Crippen molar-refractivity contribution in [3.8, 4) is 5.88 Å². The number of ether oxygens (including phenoxy) is 1. The van der Waals surface area contributed by atoms with Crippen LogP contribution in [0.25, 0.3) is 0 Å². The minimum atomic E-state index is -0.920. The second kappa shape index (κ2) is 4.45. The molecule has 1 heterocycles. The van der Waals surface area contributed by atoms with E-state index in [2.05, 4.69) is 10.3 Å². The number of aromatic nitrogens is 1. The monoisotopic (exact) mass is 196 g/mol. The van der Waals surface area contributed by atoms with Crippen molar-refractivity contribution in [1.82, 2.24) is 4.98 Å². The van der Waals surface area contributed by atoms with Crippen LogP contribution in [0.1, 0.15) is 6.92 Å². The van der Waals surface area contributed by atoms with Crippen molar-refractivity contribution < 1.29 is 14.6 Å². The predicted octanol–water partition coefficient (Wildman–Crippen LogP) is 0.975. The maximum atomic E-state index is 10.6. The summed E-state index contributed by atoms with van der Waals surface area (Å²) >= 11 is 0. The average Bonchev–Trinajstić information content (AvgIpc) is 2.18. The highest BCUT2D eigenvalue weighted by Gasteiger charge is 2.12. The molecule has 0 radical (unpaired) electrons. The molecule has 2 N–H and O–H groups in total. The summed E-state index contributed by atoms with van der Waals surface area (Å²) in [5, 5.41) is 11.5. The van der Waals surface area contributed by atoms with Crippen molar-refractivity contribution in [3.63, 3.8) is 0 Å². The molecule has 1 atom stereocenters. The summed E-state index contributed by atoms with van der Waals surface area (Å²) in [4.78, 5) is 14.5. The van der Waals surface area contributed by atoms with Crippen molar-refractivity contribution in [1.29, 1.82) is 0 Å². The van der Waals surface area contributed by atoms with Gasteiger partial charge in [0, 0.05) is 6.20 Å². The Bertz CT molecular complexity index is 328. The van der Waals surface area contributed by atoms with Crippen molar-refractivity contribution in [2.24, 2.45) is 0 Å². The highest BCUT2D eigenvalue weighted by molar-refractivity contribution is 5.77. The van der Waals surface area contributed by atoms with Crippen molar-refractivity contribution in [2.45, 2.75) is 13.0 Å². The van der Waals surface area contributed by atoms with Crippen LogP contribution in [0.5, 0.6) is 5.88 Å². The van der Waals surface area contributed by atoms with Crippen LogP contribution in [0.3, 0.4) is 0 Å². The molecule has 0 amide bonds. The first-order chi connectivity index (χ1) is 6.65. The summed E-state index contributed by atoms with van der Waals surface area (Å²) in [5.74, 6) is -0.531. The Morgan fingerprint density at radius 1 is 1.71 bits per heavy atom. The maximum Gasteiger partial charge on any atom is 0.325 e. The molecule has 14 heavy (non-hydrogen) atoms. The minimum absolute atomic E-state index is 0.389. The lowest BCUT2D eigenvalue weighted by molar-refractivity contribution is -0.137. The second-order valence-electron chi connectivity index (χ2n) is 2.76. The number of methoxy groups -OCH3 is 1. The number of nitrogens with zero attached hydrogens (tertiary/aromatic N) is 1. The van der Waals surface area contributed by atoms with Gasteiger partial charge in [0.25, 0.3) is 0 Å². The SMILES string of the molecule is COc1ncccc1N[C@@H](C)C(=O)O. The predicted molar refractivity (Wildman–Crippen MR) is 51.5 cm³/mol. The van der Waals surface area contributed by atoms with Gasteiger partial charge in [-0.2, -0.15) is 0 Å². The van der Waals surface area contributed by atoms with E-state index < -0.39 is 12.0 Å². The van der Waals surface area contributed by atoms with Gasteiger partial charge in [0.2, 0.25) is 5.88 Å². The maximum absolute atomic E-state index is 10.6. The number of anilines is 1. The molecule has 76 valence electrons. The van der Waals surface area contributed by atoms with Gasteiger partial charge in [-0.3, -0.25) is 4.79 Å². The molecule has 0 aliphatic carbocycles. The molecular formula is C9H12N2O3. The van der Waals surface area contributed by atoms with Crippen LogP contribution in [0.15, 0.2) is 18.3 Å². The number of hydrogen-bond donors (Lipinski definition) is 2. The van der Waals surface area contributed by atoms with Crippen molar-refractivity contribution in [2.75, 3.05) is 12.4 Å². The number of pyridine rings is 1. The quantitative estimate of drug-likeness (QED) is 0.750. The van der Waals surface area contributed by atoms with E-state index in [9.17, 15) is 4.79 Å². The lowest BCUT2D eigenvalue weighted by Crippen LogP contribution is -2.25. The molecule has 0 saturated carbocycles. The van der Waals surface area contributed by atoms with Crippen LogP contribution in [-0.4, -0.2) is 29.2 Å². The molecule has 0 spiro atoms. The average molecular weight is 196 g/mol. The van der Waals surface area contributed by atoms with Crippen LogP contribution in [0, 0.1) is 0 Å². The summed E-state index contributed by atoms with van der Waals surface area (Å²) in [6, 6.07) is 2.75. The third-order valence-electron chi connectivity index (χ3n) is 1.71. The zero-order valence-corrected chi connectivity index (χ0v) is 8.02. The van der Waals surface area contributed by atoms with Crippen LogP contribution in [0.2, 0.25) is 0 Å². The van der Waals surface area contributed by atoms with E-state index in [0.717, 1.165) is 0 Å². The van der Waals surface area contributed by atoms with Crippen LogP contribution in [0.4, 0.5) is 5.69 Å². The first-order valence-corrected chi connectivity index (χ1v) is 4.13. The van der Waals surface area contributed by atoms with Crippen LogP contribution in [-0.2, 0) is 4.79 Å². The topological polar surface area (TPSA) is 71.5 Å². The Morgan fingerprint density at radius 3 is 3.00 bits per heavy atom. The normalized spacial score (nSPS) is 11.9. The van der Waals surface area contributed by atoms with Crippen LogP contribution >= 0.6 is 0 Å². The van der Waals surface area contributed by atoms with E-state index in [-0.39, 0.29) is 0 Å². The summed E-state index contributed by atoms with van der Waals surface area (Å²) in [7, 11) is 1.49. The van der Waals surface area contributed by atoms with E-state index in [4.69, 9.17) is 9.84 Å². The van der Waals surface area contributed by atoms with E-state index in [1.54, 1.807) is 25.3 Å². The van der Waals surface area contributed by atoms with Gasteiger partial charge in [0.1, 0.15) is 6.04 Å². The molecule has 0 bridgehead atoms. The lowest BCUT2D eigenvalue weighted by atomic mass is 10.3. The number of nitrogens with one attached hydrogen (secondary N) is 1. The van der Waals surface area contributed by atoms with Gasteiger partial charge in [-0.1, -0.05) is 0 Å². The Hall–Kier alpha value is -1.78. The first-order valence-electron chi connectivity index (χ1n) is 4.13. The van der Waals surface area contributed by atoms with Gasteiger partial charge in [-0.15, -0.1) is 0 Å². The highest BCUT2D eigenvalue weighted by Crippen LogP contribution is 2.20. The zero-order chi connectivity index (χ0) is 10.6. The number of carboxylic acid groups (broad SMARTS) is 1. The number of hydrogen-bond acceptors (Lipinski definition) is 4. The number of aliphatic carboxylic acids is 1. The Labute approximate surface area is 81.7 Å². The number of rotatable bonds is 4. The molecule has 1 rings (SSSR count). The highest BCUT2D eigenvalue weighted by atomic mass is 16.5. The van der Waals surface area contributed by atoms with Crippen LogP contribution < -0.4 is 10.1 Å².